The van der Waals surface area contributed by atoms with E-state index in [0.29, 0.717) is 0 Å². The number of benzene rings is 1. The van der Waals surface area contributed by atoms with E-state index in [0.717, 1.165) is 12.0 Å². The fourth-order valence-electron chi connectivity index (χ4n) is 2.55. The summed E-state index contributed by atoms with van der Waals surface area (Å²) in [6.07, 6.45) is 4.04. The molecule has 138 valence electrons. The summed E-state index contributed by atoms with van der Waals surface area (Å²) in [4.78, 5) is 24.9. The number of rotatable bonds is 6. The Labute approximate surface area is 150 Å². The predicted octanol–water partition coefficient (Wildman–Crippen LogP) is 4.19. The molecule has 0 aliphatic carbocycles. The van der Waals surface area contributed by atoms with E-state index in [2.05, 4.69) is 5.32 Å². The SMILES string of the molecule is CC/C=C/[C@@H](c1ccccc1)[C@](C)(NC(=O)OC(C)(C)C)C(=O)OC. The van der Waals surface area contributed by atoms with Gasteiger partial charge in [-0.15, -0.1) is 0 Å². The largest absolute Gasteiger partial charge is 0.467 e. The van der Waals surface area contributed by atoms with E-state index in [-0.39, 0.29) is 0 Å². The standard InChI is InChI=1S/C20H29NO4/c1-7-8-14-16(15-12-10-9-11-13-15)20(5,17(22)24-6)21-18(23)25-19(2,3)4/h8-14,16H,7H2,1-6H3,(H,21,23)/b14-8+/t16-,20-/m0/s1. The second-order valence-electron chi connectivity index (χ2n) is 7.05. The van der Waals surface area contributed by atoms with Crippen LogP contribution in [0.3, 0.4) is 0 Å². The van der Waals surface area contributed by atoms with E-state index >= 15 is 0 Å². The van der Waals surface area contributed by atoms with E-state index in [1.807, 2.05) is 49.4 Å². The number of esters is 1. The van der Waals surface area contributed by atoms with Crippen LogP contribution in [-0.4, -0.2) is 30.3 Å². The molecule has 1 aromatic rings. The lowest BCUT2D eigenvalue weighted by atomic mass is 9.80. The number of alkyl carbamates (subject to hydrolysis) is 1. The van der Waals surface area contributed by atoms with Crippen LogP contribution in [0.25, 0.3) is 0 Å². The number of allylic oxidation sites excluding steroid dienone is 1. The van der Waals surface area contributed by atoms with Crippen LogP contribution in [0.15, 0.2) is 42.5 Å². The maximum atomic E-state index is 12.6. The van der Waals surface area contributed by atoms with Crippen LogP contribution in [-0.2, 0) is 14.3 Å². The zero-order valence-electron chi connectivity index (χ0n) is 16.0. The molecule has 0 aliphatic heterocycles. The molecule has 0 aliphatic rings. The van der Waals surface area contributed by atoms with Gasteiger partial charge in [0.1, 0.15) is 11.1 Å². The topological polar surface area (TPSA) is 64.6 Å². The van der Waals surface area contributed by atoms with Crippen molar-refractivity contribution in [2.45, 2.75) is 58.1 Å². The number of nitrogens with one attached hydrogen (secondary N) is 1. The van der Waals surface area contributed by atoms with Crippen LogP contribution in [0.5, 0.6) is 0 Å². The maximum Gasteiger partial charge on any atom is 0.408 e. The van der Waals surface area contributed by atoms with Crippen molar-refractivity contribution in [2.24, 2.45) is 0 Å². The predicted molar refractivity (Wildman–Crippen MR) is 98.4 cm³/mol. The van der Waals surface area contributed by atoms with Gasteiger partial charge in [-0.25, -0.2) is 9.59 Å². The normalized spacial score (nSPS) is 15.3. The molecule has 5 nitrogen and oxygen atoms in total. The third-order valence-corrected chi connectivity index (χ3v) is 3.71. The molecule has 0 spiro atoms. The number of ether oxygens (including phenoxy) is 2. The molecule has 0 fully saturated rings. The molecule has 0 saturated heterocycles. The van der Waals surface area contributed by atoms with Gasteiger partial charge in [0.25, 0.3) is 0 Å². The van der Waals surface area contributed by atoms with Gasteiger partial charge in [-0.05, 0) is 39.7 Å². The Morgan fingerprint density at radius 3 is 2.24 bits per heavy atom. The Kier molecular flexibility index (Phi) is 7.22. The summed E-state index contributed by atoms with van der Waals surface area (Å²) >= 11 is 0. The first-order chi connectivity index (χ1) is 11.6. The molecule has 2 atom stereocenters. The van der Waals surface area contributed by atoms with Crippen molar-refractivity contribution in [2.75, 3.05) is 7.11 Å². The van der Waals surface area contributed by atoms with E-state index in [4.69, 9.17) is 9.47 Å². The van der Waals surface area contributed by atoms with Crippen molar-refractivity contribution in [1.29, 1.82) is 0 Å². The van der Waals surface area contributed by atoms with Gasteiger partial charge in [-0.1, -0.05) is 49.4 Å². The smallest absolute Gasteiger partial charge is 0.408 e. The van der Waals surface area contributed by atoms with Crippen LogP contribution >= 0.6 is 0 Å². The maximum absolute atomic E-state index is 12.6. The highest BCUT2D eigenvalue weighted by atomic mass is 16.6. The van der Waals surface area contributed by atoms with E-state index in [1.54, 1.807) is 27.7 Å². The van der Waals surface area contributed by atoms with Crippen LogP contribution in [0, 0.1) is 0 Å². The van der Waals surface area contributed by atoms with Crippen LogP contribution in [0.4, 0.5) is 4.79 Å². The van der Waals surface area contributed by atoms with Gasteiger partial charge in [0.05, 0.1) is 7.11 Å². The molecule has 1 N–H and O–H groups in total. The highest BCUT2D eigenvalue weighted by Gasteiger charge is 2.44. The molecule has 1 aromatic carbocycles. The van der Waals surface area contributed by atoms with Crippen molar-refractivity contribution in [1.82, 2.24) is 5.32 Å². The summed E-state index contributed by atoms with van der Waals surface area (Å²) in [6.45, 7) is 8.98. The lowest BCUT2D eigenvalue weighted by Gasteiger charge is -2.35. The molecule has 0 aromatic heterocycles. The van der Waals surface area contributed by atoms with Gasteiger partial charge in [0.2, 0.25) is 0 Å². The monoisotopic (exact) mass is 347 g/mol. The second kappa shape index (κ2) is 8.70. The minimum Gasteiger partial charge on any atom is -0.467 e. The third-order valence-electron chi connectivity index (χ3n) is 3.71. The van der Waals surface area contributed by atoms with Crippen LogP contribution < -0.4 is 5.32 Å². The van der Waals surface area contributed by atoms with Crippen LogP contribution in [0.1, 0.15) is 52.5 Å². The minimum atomic E-state index is -1.30. The van der Waals surface area contributed by atoms with Crippen LogP contribution in [0.2, 0.25) is 0 Å². The quantitative estimate of drug-likeness (QED) is 0.619. The molecular formula is C20H29NO4. The number of amides is 1. The Hall–Kier alpha value is -2.30. The lowest BCUT2D eigenvalue weighted by molar-refractivity contribution is -0.148. The first-order valence-corrected chi connectivity index (χ1v) is 8.45. The summed E-state index contributed by atoms with van der Waals surface area (Å²) in [5.41, 5.74) is -1.07. The van der Waals surface area contributed by atoms with Gasteiger partial charge >= 0.3 is 12.1 Å². The number of carbonyl (C=O) groups excluding carboxylic acids is 2. The van der Waals surface area contributed by atoms with E-state index in [9.17, 15) is 9.59 Å². The molecule has 0 bridgehead atoms. The Morgan fingerprint density at radius 2 is 1.76 bits per heavy atom. The Bertz CT molecular complexity index is 604. The van der Waals surface area contributed by atoms with Gasteiger partial charge in [0.15, 0.2) is 0 Å². The molecule has 0 unspecified atom stereocenters. The third kappa shape index (κ3) is 5.93. The summed E-state index contributed by atoms with van der Waals surface area (Å²) in [5, 5.41) is 2.72. The van der Waals surface area contributed by atoms with Crippen molar-refractivity contribution in [3.8, 4) is 0 Å². The molecule has 0 radical (unpaired) electrons. The van der Waals surface area contributed by atoms with E-state index in [1.165, 1.54) is 7.11 Å². The molecular weight excluding hydrogens is 318 g/mol. The molecule has 25 heavy (non-hydrogen) atoms. The first kappa shape index (κ1) is 20.7. The van der Waals surface area contributed by atoms with Crippen molar-refractivity contribution in [3.63, 3.8) is 0 Å². The van der Waals surface area contributed by atoms with Crippen molar-refractivity contribution >= 4 is 12.1 Å². The van der Waals surface area contributed by atoms with Gasteiger partial charge in [-0.2, -0.15) is 0 Å². The molecule has 1 amide bonds. The molecule has 0 saturated carbocycles. The number of hydrogen-bond acceptors (Lipinski definition) is 4. The fraction of sp³-hybridized carbons (Fsp3) is 0.500. The summed E-state index contributed by atoms with van der Waals surface area (Å²) < 4.78 is 10.3. The highest BCUT2D eigenvalue weighted by molar-refractivity contribution is 5.87. The van der Waals surface area contributed by atoms with Crippen molar-refractivity contribution in [3.05, 3.63) is 48.0 Å². The lowest BCUT2D eigenvalue weighted by Crippen LogP contribution is -2.57. The van der Waals surface area contributed by atoms with Gasteiger partial charge in [0, 0.05) is 5.92 Å². The number of carbonyl (C=O) groups is 2. The average molecular weight is 347 g/mol. The Balaban J connectivity index is 3.29. The summed E-state index contributed by atoms with van der Waals surface area (Å²) in [7, 11) is 1.31. The summed E-state index contributed by atoms with van der Waals surface area (Å²) in [5.74, 6) is -0.929. The Morgan fingerprint density at radius 1 is 1.16 bits per heavy atom. The molecule has 5 heteroatoms. The zero-order valence-corrected chi connectivity index (χ0v) is 16.0. The van der Waals surface area contributed by atoms with Gasteiger partial charge in [-0.3, -0.25) is 0 Å². The fourth-order valence-corrected chi connectivity index (χ4v) is 2.55. The number of hydrogen-bond donors (Lipinski definition) is 1. The second-order valence-corrected chi connectivity index (χ2v) is 7.05. The van der Waals surface area contributed by atoms with Gasteiger partial charge < -0.3 is 14.8 Å². The average Bonchev–Trinajstić information content (AvgIpc) is 2.53. The van der Waals surface area contributed by atoms with Crippen molar-refractivity contribution < 1.29 is 19.1 Å². The summed E-state index contributed by atoms with van der Waals surface area (Å²) in [6, 6.07) is 9.53. The number of methoxy groups -OCH3 is 1. The molecule has 0 heterocycles. The molecule has 1 rings (SSSR count). The van der Waals surface area contributed by atoms with E-state index < -0.39 is 29.1 Å². The highest BCUT2D eigenvalue weighted by Crippen LogP contribution is 2.31. The first-order valence-electron chi connectivity index (χ1n) is 8.45. The minimum absolute atomic E-state index is 0.395. The zero-order chi connectivity index (χ0) is 19.1.